The molecule has 1 aliphatic rings. The molecular weight excluding hydrogens is 320 g/mol. The molecular formula is C15H23BrN2O2. The Bertz CT molecular complexity index is 422. The van der Waals surface area contributed by atoms with E-state index in [0.29, 0.717) is 6.04 Å². The molecule has 1 aromatic carbocycles. The van der Waals surface area contributed by atoms with Crippen LogP contribution in [0.2, 0.25) is 0 Å². The highest BCUT2D eigenvalue weighted by Crippen LogP contribution is 2.39. The van der Waals surface area contributed by atoms with E-state index in [4.69, 9.17) is 9.47 Å². The first-order chi connectivity index (χ1) is 9.71. The maximum Gasteiger partial charge on any atom is 0.137 e. The fourth-order valence-corrected chi connectivity index (χ4v) is 3.33. The number of rotatable bonds is 5. The van der Waals surface area contributed by atoms with E-state index in [-0.39, 0.29) is 0 Å². The summed E-state index contributed by atoms with van der Waals surface area (Å²) >= 11 is 3.53. The van der Waals surface area contributed by atoms with Gasteiger partial charge in [0.05, 0.1) is 14.2 Å². The van der Waals surface area contributed by atoms with Gasteiger partial charge in [0, 0.05) is 32.2 Å². The summed E-state index contributed by atoms with van der Waals surface area (Å²) in [5.74, 6) is 1.65. The first kappa shape index (κ1) is 15.6. The molecule has 1 fully saturated rings. The van der Waals surface area contributed by atoms with Crippen LogP contribution in [0.1, 0.15) is 24.9 Å². The molecule has 0 unspecified atom stereocenters. The Morgan fingerprint density at radius 3 is 2.20 bits per heavy atom. The van der Waals surface area contributed by atoms with Crippen molar-refractivity contribution in [1.82, 2.24) is 10.2 Å². The summed E-state index contributed by atoms with van der Waals surface area (Å²) in [7, 11) is 3.38. The number of ether oxygens (including phenoxy) is 2. The van der Waals surface area contributed by atoms with Gasteiger partial charge in [-0.05, 0) is 40.0 Å². The molecule has 1 N–H and O–H groups in total. The molecule has 0 amide bonds. The van der Waals surface area contributed by atoms with Crippen molar-refractivity contribution in [3.63, 3.8) is 0 Å². The Morgan fingerprint density at radius 2 is 1.75 bits per heavy atom. The lowest BCUT2D eigenvalue weighted by molar-refractivity contribution is 0.169. The van der Waals surface area contributed by atoms with Crippen molar-refractivity contribution in [2.24, 2.45) is 0 Å². The van der Waals surface area contributed by atoms with Crippen LogP contribution >= 0.6 is 15.9 Å². The summed E-state index contributed by atoms with van der Waals surface area (Å²) in [6, 6.07) is 4.64. The highest BCUT2D eigenvalue weighted by molar-refractivity contribution is 9.10. The van der Waals surface area contributed by atoms with Crippen LogP contribution in [0, 0.1) is 0 Å². The van der Waals surface area contributed by atoms with Gasteiger partial charge < -0.3 is 14.8 Å². The summed E-state index contributed by atoms with van der Waals surface area (Å²) in [6.45, 7) is 6.51. The molecule has 20 heavy (non-hydrogen) atoms. The van der Waals surface area contributed by atoms with E-state index < -0.39 is 0 Å². The number of halogens is 1. The average Bonchev–Trinajstić information content (AvgIpc) is 2.50. The standard InChI is InChI=1S/C15H23BrN2O2/c1-4-12(18-7-5-17-6-8-18)11-9-13(19-2)15(16)14(10-11)20-3/h9-10,12,17H,4-8H2,1-3H3/t12-/m0/s1. The molecule has 1 atom stereocenters. The summed E-state index contributed by atoms with van der Waals surface area (Å²) in [6.07, 6.45) is 1.08. The minimum absolute atomic E-state index is 0.410. The number of nitrogens with zero attached hydrogens (tertiary/aromatic N) is 1. The van der Waals surface area contributed by atoms with Gasteiger partial charge in [0.15, 0.2) is 0 Å². The third-order valence-electron chi connectivity index (χ3n) is 3.83. The topological polar surface area (TPSA) is 33.7 Å². The minimum atomic E-state index is 0.410. The van der Waals surface area contributed by atoms with E-state index >= 15 is 0 Å². The number of piperazine rings is 1. The molecule has 4 nitrogen and oxygen atoms in total. The van der Waals surface area contributed by atoms with E-state index in [1.807, 2.05) is 0 Å². The highest BCUT2D eigenvalue weighted by atomic mass is 79.9. The molecule has 1 saturated heterocycles. The van der Waals surface area contributed by atoms with Crippen LogP contribution in [0.3, 0.4) is 0 Å². The zero-order chi connectivity index (χ0) is 14.5. The van der Waals surface area contributed by atoms with Crippen molar-refractivity contribution in [2.75, 3.05) is 40.4 Å². The molecule has 0 saturated carbocycles. The fourth-order valence-electron chi connectivity index (χ4n) is 2.78. The number of hydrogen-bond acceptors (Lipinski definition) is 4. The maximum atomic E-state index is 5.45. The second kappa shape index (κ2) is 7.29. The Morgan fingerprint density at radius 1 is 1.20 bits per heavy atom. The smallest absolute Gasteiger partial charge is 0.137 e. The van der Waals surface area contributed by atoms with Crippen LogP contribution in [-0.2, 0) is 0 Å². The minimum Gasteiger partial charge on any atom is -0.495 e. The van der Waals surface area contributed by atoms with Crippen molar-refractivity contribution in [2.45, 2.75) is 19.4 Å². The molecule has 0 spiro atoms. The largest absolute Gasteiger partial charge is 0.495 e. The van der Waals surface area contributed by atoms with Gasteiger partial charge >= 0.3 is 0 Å². The molecule has 0 aliphatic carbocycles. The van der Waals surface area contributed by atoms with E-state index in [2.05, 4.69) is 45.2 Å². The lowest BCUT2D eigenvalue weighted by atomic mass is 10.0. The monoisotopic (exact) mass is 342 g/mol. The van der Waals surface area contributed by atoms with Crippen molar-refractivity contribution in [1.29, 1.82) is 0 Å². The van der Waals surface area contributed by atoms with Gasteiger partial charge in [-0.25, -0.2) is 0 Å². The van der Waals surface area contributed by atoms with E-state index in [1.165, 1.54) is 5.56 Å². The van der Waals surface area contributed by atoms with E-state index in [0.717, 1.165) is 48.6 Å². The Labute approximate surface area is 129 Å². The fraction of sp³-hybridized carbons (Fsp3) is 0.600. The van der Waals surface area contributed by atoms with Crippen molar-refractivity contribution in [3.8, 4) is 11.5 Å². The zero-order valence-electron chi connectivity index (χ0n) is 12.4. The average molecular weight is 343 g/mol. The molecule has 5 heteroatoms. The number of nitrogens with one attached hydrogen (secondary N) is 1. The predicted octanol–water partition coefficient (Wildman–Crippen LogP) is 2.82. The molecule has 2 rings (SSSR count). The van der Waals surface area contributed by atoms with Crippen molar-refractivity contribution < 1.29 is 9.47 Å². The van der Waals surface area contributed by atoms with Crippen LogP contribution in [0.4, 0.5) is 0 Å². The lowest BCUT2D eigenvalue weighted by Gasteiger charge is -2.35. The quantitative estimate of drug-likeness (QED) is 0.892. The van der Waals surface area contributed by atoms with Gasteiger partial charge in [0.25, 0.3) is 0 Å². The number of benzene rings is 1. The van der Waals surface area contributed by atoms with Crippen LogP contribution in [0.5, 0.6) is 11.5 Å². The molecule has 1 aromatic rings. The third kappa shape index (κ3) is 3.27. The van der Waals surface area contributed by atoms with Crippen LogP contribution in [0.15, 0.2) is 16.6 Å². The second-order valence-electron chi connectivity index (χ2n) is 4.95. The van der Waals surface area contributed by atoms with E-state index in [9.17, 15) is 0 Å². The molecule has 1 heterocycles. The van der Waals surface area contributed by atoms with Crippen LogP contribution in [-0.4, -0.2) is 45.3 Å². The van der Waals surface area contributed by atoms with Crippen LogP contribution < -0.4 is 14.8 Å². The lowest BCUT2D eigenvalue weighted by Crippen LogP contribution is -2.45. The Hall–Kier alpha value is -0.780. The van der Waals surface area contributed by atoms with Gasteiger partial charge in [-0.3, -0.25) is 4.90 Å². The molecule has 1 aliphatic heterocycles. The second-order valence-corrected chi connectivity index (χ2v) is 5.74. The van der Waals surface area contributed by atoms with Gasteiger partial charge in [-0.1, -0.05) is 6.92 Å². The van der Waals surface area contributed by atoms with Gasteiger partial charge in [-0.15, -0.1) is 0 Å². The van der Waals surface area contributed by atoms with Gasteiger partial charge in [0.2, 0.25) is 0 Å². The summed E-state index contributed by atoms with van der Waals surface area (Å²) < 4.78 is 11.8. The zero-order valence-corrected chi connectivity index (χ0v) is 14.0. The first-order valence-electron chi connectivity index (χ1n) is 7.07. The SMILES string of the molecule is CC[C@@H](c1cc(OC)c(Br)c(OC)c1)N1CCNCC1. The van der Waals surface area contributed by atoms with Gasteiger partial charge in [0.1, 0.15) is 16.0 Å². The Balaban J connectivity index is 2.33. The van der Waals surface area contributed by atoms with Gasteiger partial charge in [-0.2, -0.15) is 0 Å². The summed E-state index contributed by atoms with van der Waals surface area (Å²) in [4.78, 5) is 2.53. The Kier molecular flexibility index (Phi) is 5.69. The van der Waals surface area contributed by atoms with E-state index in [1.54, 1.807) is 14.2 Å². The summed E-state index contributed by atoms with van der Waals surface area (Å²) in [5, 5.41) is 3.40. The highest BCUT2D eigenvalue weighted by Gasteiger charge is 2.22. The number of methoxy groups -OCH3 is 2. The normalized spacial score (nSPS) is 17.8. The number of hydrogen-bond donors (Lipinski definition) is 1. The third-order valence-corrected chi connectivity index (χ3v) is 4.61. The predicted molar refractivity (Wildman–Crippen MR) is 84.7 cm³/mol. The summed E-state index contributed by atoms with van der Waals surface area (Å²) in [5.41, 5.74) is 1.26. The van der Waals surface area contributed by atoms with Crippen molar-refractivity contribution in [3.05, 3.63) is 22.2 Å². The molecule has 0 bridgehead atoms. The van der Waals surface area contributed by atoms with Crippen molar-refractivity contribution >= 4 is 15.9 Å². The maximum absolute atomic E-state index is 5.45. The molecule has 0 radical (unpaired) electrons. The van der Waals surface area contributed by atoms with Crippen LogP contribution in [0.25, 0.3) is 0 Å². The molecule has 112 valence electrons. The first-order valence-corrected chi connectivity index (χ1v) is 7.86. The molecule has 0 aromatic heterocycles.